The Balaban J connectivity index is 3.01. The Hall–Kier alpha value is -2.17. The highest BCUT2D eigenvalue weighted by Gasteiger charge is 2.19. The van der Waals surface area contributed by atoms with E-state index in [9.17, 15) is 9.59 Å². The number of nitrogens with zero attached hydrogens (tertiary/aromatic N) is 2. The van der Waals surface area contributed by atoms with Crippen molar-refractivity contribution in [1.29, 1.82) is 0 Å². The summed E-state index contributed by atoms with van der Waals surface area (Å²) in [5.74, 6) is -1.40. The second-order valence-electron chi connectivity index (χ2n) is 3.95. The van der Waals surface area contributed by atoms with Crippen LogP contribution in [0.5, 0.6) is 0 Å². The van der Waals surface area contributed by atoms with Gasteiger partial charge in [0.1, 0.15) is 6.54 Å². The molecule has 0 fully saturated rings. The van der Waals surface area contributed by atoms with Crippen LogP contribution in [0.4, 0.5) is 0 Å². The van der Waals surface area contributed by atoms with Crippen LogP contribution in [-0.4, -0.2) is 40.0 Å². The van der Waals surface area contributed by atoms with E-state index in [-0.39, 0.29) is 19.0 Å². The molecule has 0 saturated heterocycles. The number of carbonyl (C=O) groups excluding carboxylic acids is 1. The maximum atomic E-state index is 12.2. The Labute approximate surface area is 106 Å². The summed E-state index contributed by atoms with van der Waals surface area (Å²) in [6.07, 6.45) is 1.50. The molecular formula is C13H16N2O3. The van der Waals surface area contributed by atoms with Crippen LogP contribution in [0.1, 0.15) is 21.7 Å². The Kier molecular flexibility index (Phi) is 4.59. The fourth-order valence-electron chi connectivity index (χ4n) is 1.62. The number of aryl methyl sites for hydroxylation is 2. The topological polar surface area (TPSA) is 70.5 Å². The number of aromatic nitrogens is 1. The van der Waals surface area contributed by atoms with Crippen molar-refractivity contribution in [3.63, 3.8) is 0 Å². The summed E-state index contributed by atoms with van der Waals surface area (Å²) in [6.45, 7) is 6.92. The summed E-state index contributed by atoms with van der Waals surface area (Å²) in [7, 11) is 0. The molecule has 1 heterocycles. The number of aliphatic carboxylic acids is 1. The van der Waals surface area contributed by atoms with Gasteiger partial charge < -0.3 is 10.0 Å². The number of carboxylic acid groups (broad SMARTS) is 1. The van der Waals surface area contributed by atoms with E-state index < -0.39 is 5.97 Å². The monoisotopic (exact) mass is 248 g/mol. The van der Waals surface area contributed by atoms with Crippen LogP contribution in [0.3, 0.4) is 0 Å². The van der Waals surface area contributed by atoms with Crippen molar-refractivity contribution in [3.8, 4) is 0 Å². The molecule has 0 saturated carbocycles. The first-order valence-electron chi connectivity index (χ1n) is 5.52. The lowest BCUT2D eigenvalue weighted by Crippen LogP contribution is -2.36. The third-order valence-electron chi connectivity index (χ3n) is 2.42. The molecule has 1 rings (SSSR count). The van der Waals surface area contributed by atoms with E-state index in [2.05, 4.69) is 11.6 Å². The van der Waals surface area contributed by atoms with Crippen LogP contribution >= 0.6 is 0 Å². The molecule has 1 aromatic heterocycles. The molecule has 0 aliphatic heterocycles. The smallest absolute Gasteiger partial charge is 0.323 e. The maximum Gasteiger partial charge on any atom is 0.323 e. The minimum Gasteiger partial charge on any atom is -0.480 e. The van der Waals surface area contributed by atoms with Gasteiger partial charge in [0.15, 0.2) is 0 Å². The lowest BCUT2D eigenvalue weighted by atomic mass is 10.1. The Morgan fingerprint density at radius 3 is 2.61 bits per heavy atom. The fraction of sp³-hybridized carbons (Fsp3) is 0.308. The zero-order valence-corrected chi connectivity index (χ0v) is 10.5. The van der Waals surface area contributed by atoms with Crippen molar-refractivity contribution in [2.24, 2.45) is 0 Å². The lowest BCUT2D eigenvalue weighted by molar-refractivity contribution is -0.137. The summed E-state index contributed by atoms with van der Waals surface area (Å²) in [6, 6.07) is 3.39. The van der Waals surface area contributed by atoms with E-state index in [1.807, 2.05) is 6.92 Å². The minimum atomic E-state index is -1.05. The van der Waals surface area contributed by atoms with Crippen molar-refractivity contribution >= 4 is 11.9 Å². The first-order valence-corrected chi connectivity index (χ1v) is 5.52. The number of hydrogen-bond acceptors (Lipinski definition) is 3. The molecule has 0 atom stereocenters. The Bertz CT molecular complexity index is 483. The number of carboxylic acids is 1. The fourth-order valence-corrected chi connectivity index (χ4v) is 1.62. The van der Waals surface area contributed by atoms with E-state index in [0.29, 0.717) is 11.3 Å². The number of hydrogen-bond donors (Lipinski definition) is 1. The van der Waals surface area contributed by atoms with Gasteiger partial charge in [0.2, 0.25) is 0 Å². The van der Waals surface area contributed by atoms with Gasteiger partial charge in [0.25, 0.3) is 5.91 Å². The van der Waals surface area contributed by atoms with Gasteiger partial charge in [0.05, 0.1) is 11.3 Å². The Morgan fingerprint density at radius 1 is 1.44 bits per heavy atom. The number of pyridine rings is 1. The first kappa shape index (κ1) is 13.9. The average molecular weight is 248 g/mol. The molecular weight excluding hydrogens is 232 g/mol. The minimum absolute atomic E-state index is 0.193. The molecule has 96 valence electrons. The molecule has 0 aliphatic carbocycles. The quantitative estimate of drug-likeness (QED) is 0.800. The van der Waals surface area contributed by atoms with Crippen LogP contribution < -0.4 is 0 Å². The summed E-state index contributed by atoms with van der Waals surface area (Å²) >= 11 is 0. The van der Waals surface area contributed by atoms with Gasteiger partial charge in [-0.25, -0.2) is 0 Å². The third kappa shape index (κ3) is 3.41. The zero-order chi connectivity index (χ0) is 13.7. The van der Waals surface area contributed by atoms with Crippen LogP contribution in [-0.2, 0) is 4.79 Å². The largest absolute Gasteiger partial charge is 0.480 e. The van der Waals surface area contributed by atoms with Gasteiger partial charge in [-0.05, 0) is 26.0 Å². The molecule has 1 N–H and O–H groups in total. The van der Waals surface area contributed by atoms with Crippen molar-refractivity contribution in [3.05, 3.63) is 41.7 Å². The van der Waals surface area contributed by atoms with Crippen LogP contribution in [0.25, 0.3) is 0 Å². The van der Waals surface area contributed by atoms with E-state index in [0.717, 1.165) is 5.69 Å². The molecule has 0 aromatic carbocycles. The van der Waals surface area contributed by atoms with E-state index in [4.69, 9.17) is 5.11 Å². The summed E-state index contributed by atoms with van der Waals surface area (Å²) in [5.41, 5.74) is 1.83. The molecule has 0 spiro atoms. The molecule has 0 aliphatic rings. The van der Waals surface area contributed by atoms with Crippen molar-refractivity contribution in [2.75, 3.05) is 13.1 Å². The lowest BCUT2D eigenvalue weighted by Gasteiger charge is -2.19. The van der Waals surface area contributed by atoms with E-state index in [1.54, 1.807) is 19.1 Å². The second kappa shape index (κ2) is 5.95. The predicted octanol–water partition coefficient (Wildman–Crippen LogP) is 1.41. The SMILES string of the molecule is C=CCN(CC(=O)O)C(=O)c1ccc(C)nc1C. The predicted molar refractivity (Wildman–Crippen MR) is 67.4 cm³/mol. The average Bonchev–Trinajstić information content (AvgIpc) is 2.27. The number of rotatable bonds is 5. The van der Waals surface area contributed by atoms with Crippen molar-refractivity contribution in [2.45, 2.75) is 13.8 Å². The molecule has 0 bridgehead atoms. The molecule has 0 unspecified atom stereocenters. The highest BCUT2D eigenvalue weighted by molar-refractivity contribution is 5.96. The molecule has 1 aromatic rings. The summed E-state index contributed by atoms with van der Waals surface area (Å²) < 4.78 is 0. The Morgan fingerprint density at radius 2 is 2.11 bits per heavy atom. The van der Waals surface area contributed by atoms with E-state index >= 15 is 0 Å². The number of carbonyl (C=O) groups is 2. The second-order valence-corrected chi connectivity index (χ2v) is 3.95. The standard InChI is InChI=1S/C13H16N2O3/c1-4-7-15(8-12(16)17)13(18)11-6-5-9(2)14-10(11)3/h4-6H,1,7-8H2,2-3H3,(H,16,17). The summed E-state index contributed by atoms with van der Waals surface area (Å²) in [5, 5.41) is 8.78. The molecule has 18 heavy (non-hydrogen) atoms. The van der Waals surface area contributed by atoms with Gasteiger partial charge in [-0.15, -0.1) is 6.58 Å². The molecule has 1 amide bonds. The van der Waals surface area contributed by atoms with Crippen LogP contribution in [0, 0.1) is 13.8 Å². The van der Waals surface area contributed by atoms with Gasteiger partial charge >= 0.3 is 5.97 Å². The van der Waals surface area contributed by atoms with Crippen molar-refractivity contribution < 1.29 is 14.7 Å². The van der Waals surface area contributed by atoms with Gasteiger partial charge in [0, 0.05) is 12.2 Å². The highest BCUT2D eigenvalue weighted by Crippen LogP contribution is 2.10. The van der Waals surface area contributed by atoms with Crippen LogP contribution in [0.15, 0.2) is 24.8 Å². The van der Waals surface area contributed by atoms with Crippen molar-refractivity contribution in [1.82, 2.24) is 9.88 Å². The molecule has 5 heteroatoms. The first-order chi connectivity index (χ1) is 8.45. The summed E-state index contributed by atoms with van der Waals surface area (Å²) in [4.78, 5) is 28.3. The molecule has 0 radical (unpaired) electrons. The third-order valence-corrected chi connectivity index (χ3v) is 2.42. The van der Waals surface area contributed by atoms with Crippen LogP contribution in [0.2, 0.25) is 0 Å². The van der Waals surface area contributed by atoms with Gasteiger partial charge in [-0.1, -0.05) is 6.08 Å². The highest BCUT2D eigenvalue weighted by atomic mass is 16.4. The maximum absolute atomic E-state index is 12.2. The zero-order valence-electron chi connectivity index (χ0n) is 10.5. The van der Waals surface area contributed by atoms with E-state index in [1.165, 1.54) is 11.0 Å². The molecule has 5 nitrogen and oxygen atoms in total. The van der Waals surface area contributed by atoms with Gasteiger partial charge in [-0.3, -0.25) is 14.6 Å². The number of amides is 1. The normalized spacial score (nSPS) is 9.89. The van der Waals surface area contributed by atoms with Gasteiger partial charge in [-0.2, -0.15) is 0 Å².